The highest BCUT2D eigenvalue weighted by molar-refractivity contribution is 5.43. The predicted molar refractivity (Wildman–Crippen MR) is 205 cm³/mol. The van der Waals surface area contributed by atoms with Crippen molar-refractivity contribution in [3.8, 4) is 23.0 Å². The van der Waals surface area contributed by atoms with E-state index in [1.165, 1.54) is 22.3 Å². The summed E-state index contributed by atoms with van der Waals surface area (Å²) in [4.78, 5) is 0. The lowest BCUT2D eigenvalue weighted by molar-refractivity contribution is 0.0635. The summed E-state index contributed by atoms with van der Waals surface area (Å²) < 4.78 is 35.0. The average molecular weight is 709 g/mol. The first-order chi connectivity index (χ1) is 24.8. The fourth-order valence-electron chi connectivity index (χ4n) is 6.65. The van der Waals surface area contributed by atoms with Gasteiger partial charge in [-0.25, -0.2) is 0 Å². The monoisotopic (exact) mass is 708 g/mol. The first-order valence-corrected chi connectivity index (χ1v) is 18.8. The largest absolute Gasteiger partial charge is 0.491 e. The molecule has 4 aromatic rings. The maximum atomic E-state index is 10.8. The van der Waals surface area contributed by atoms with E-state index in [2.05, 4.69) is 102 Å². The van der Waals surface area contributed by atoms with Gasteiger partial charge in [-0.15, -0.1) is 0 Å². The Morgan fingerprint density at radius 3 is 1.50 bits per heavy atom. The number of aliphatic hydroxyl groups excluding tert-OH is 1. The molecular weight excluding hydrogens is 652 g/mol. The van der Waals surface area contributed by atoms with E-state index in [1.54, 1.807) is 0 Å². The van der Waals surface area contributed by atoms with Crippen molar-refractivity contribution in [2.45, 2.75) is 109 Å². The van der Waals surface area contributed by atoms with E-state index < -0.39 is 6.10 Å². The molecule has 0 spiro atoms. The van der Waals surface area contributed by atoms with Crippen molar-refractivity contribution < 1.29 is 33.5 Å². The number of rotatable bonds is 19. The van der Waals surface area contributed by atoms with Crippen LogP contribution in [0, 0.1) is 0 Å². The zero-order valence-electron chi connectivity index (χ0n) is 31.9. The van der Waals surface area contributed by atoms with Gasteiger partial charge in [0.1, 0.15) is 47.9 Å². The lowest BCUT2D eigenvalue weighted by Crippen LogP contribution is -2.33. The summed E-state index contributed by atoms with van der Waals surface area (Å²) in [6, 6.07) is 33.1. The zero-order valence-corrected chi connectivity index (χ0v) is 31.9. The number of epoxide rings is 2. The number of aliphatic hydroxyl groups is 1. The molecule has 5 unspecified atom stereocenters. The van der Waals surface area contributed by atoms with Gasteiger partial charge in [-0.1, -0.05) is 83.1 Å². The van der Waals surface area contributed by atoms with Crippen LogP contribution in [0.3, 0.4) is 0 Å². The Kier molecular flexibility index (Phi) is 11.5. The van der Waals surface area contributed by atoms with Crippen LogP contribution in [-0.2, 0) is 20.3 Å². The van der Waals surface area contributed by atoms with Crippen LogP contribution in [0.4, 0.5) is 0 Å². The minimum atomic E-state index is -0.667. The molecule has 7 nitrogen and oxygen atoms in total. The highest BCUT2D eigenvalue weighted by Gasteiger charge is 2.35. The minimum Gasteiger partial charge on any atom is -0.491 e. The highest BCUT2D eigenvalue weighted by atomic mass is 16.6. The van der Waals surface area contributed by atoms with Gasteiger partial charge in [0.25, 0.3) is 0 Å². The number of ether oxygens (including phenoxy) is 6. The van der Waals surface area contributed by atoms with Crippen LogP contribution in [-0.4, -0.2) is 61.6 Å². The van der Waals surface area contributed by atoms with Crippen molar-refractivity contribution in [1.29, 1.82) is 0 Å². The summed E-state index contributed by atoms with van der Waals surface area (Å²) in [7, 11) is 0. The molecule has 2 heterocycles. The van der Waals surface area contributed by atoms with Crippen LogP contribution >= 0.6 is 0 Å². The Morgan fingerprint density at radius 2 is 1.06 bits per heavy atom. The summed E-state index contributed by atoms with van der Waals surface area (Å²) in [5.74, 6) is 3.24. The Hall–Kier alpha value is -4.04. The molecule has 0 bridgehead atoms. The third-order valence-corrected chi connectivity index (χ3v) is 10.7. The van der Waals surface area contributed by atoms with Crippen molar-refractivity contribution in [1.82, 2.24) is 0 Å². The van der Waals surface area contributed by atoms with Gasteiger partial charge in [-0.3, -0.25) is 0 Å². The molecule has 0 aliphatic carbocycles. The predicted octanol–water partition coefficient (Wildman–Crippen LogP) is 9.05. The van der Waals surface area contributed by atoms with Crippen molar-refractivity contribution in [3.63, 3.8) is 0 Å². The first-order valence-electron chi connectivity index (χ1n) is 18.8. The summed E-state index contributed by atoms with van der Waals surface area (Å²) in [6.07, 6.45) is 2.00. The summed E-state index contributed by atoms with van der Waals surface area (Å²) in [6.45, 7) is 17.6. The lowest BCUT2D eigenvalue weighted by Gasteiger charge is -2.30. The third-order valence-electron chi connectivity index (χ3n) is 10.7. The van der Waals surface area contributed by atoms with Gasteiger partial charge in [0.15, 0.2) is 0 Å². The Balaban J connectivity index is 0.950. The maximum absolute atomic E-state index is 10.8. The van der Waals surface area contributed by atoms with Crippen LogP contribution in [0.15, 0.2) is 97.1 Å². The molecular formula is C45H56O7. The Labute approximate surface area is 310 Å². The molecule has 4 aromatic carbocycles. The smallest absolute Gasteiger partial charge is 0.120 e. The second-order valence-corrected chi connectivity index (χ2v) is 15.8. The van der Waals surface area contributed by atoms with Gasteiger partial charge >= 0.3 is 0 Å². The van der Waals surface area contributed by atoms with Crippen molar-refractivity contribution >= 4 is 0 Å². The maximum Gasteiger partial charge on any atom is 0.120 e. The molecule has 0 aromatic heterocycles. The van der Waals surface area contributed by atoms with Gasteiger partial charge < -0.3 is 33.5 Å². The van der Waals surface area contributed by atoms with Crippen LogP contribution in [0.25, 0.3) is 0 Å². The van der Waals surface area contributed by atoms with Crippen LogP contribution in [0.2, 0.25) is 0 Å². The number of hydrogen-bond acceptors (Lipinski definition) is 7. The van der Waals surface area contributed by atoms with E-state index in [4.69, 9.17) is 28.4 Å². The summed E-state index contributed by atoms with van der Waals surface area (Å²) in [5.41, 5.74) is 4.15. The molecule has 52 heavy (non-hydrogen) atoms. The van der Waals surface area contributed by atoms with Gasteiger partial charge in [0.2, 0.25) is 0 Å². The molecule has 0 amide bonds. The fourth-order valence-corrected chi connectivity index (χ4v) is 6.65. The average Bonchev–Trinajstić information content (AvgIpc) is 4.08. The topological polar surface area (TPSA) is 82.2 Å². The molecule has 6 rings (SSSR count). The second-order valence-electron chi connectivity index (χ2n) is 15.8. The van der Waals surface area contributed by atoms with Gasteiger partial charge in [0, 0.05) is 23.7 Å². The Bertz CT molecular complexity index is 1710. The van der Waals surface area contributed by atoms with E-state index in [0.29, 0.717) is 19.1 Å². The fraction of sp³-hybridized carbons (Fsp3) is 0.467. The SMILES string of the molecule is CCC(C)(CC1CO1)Oc1ccc(C(C)(C)c2ccc(OCC(O)CC(C)Oc3ccc(C(C)(C)c4ccc(OCC5CO5)cc4)cc3)cc2)cc1. The standard InChI is InChI=1S/C45H56O7/c1-8-45(7,26-41-28-49-41)52-40-23-15-35(16-24-40)44(5,6)32-9-17-37(18-10-32)47-27-36(46)25-31(2)51-39-21-13-34(14-22-39)43(3,4)33-11-19-38(20-12-33)48-29-42-30-50-42/h9-24,31,36,41-42,46H,8,25-30H2,1-7H3. The van der Waals surface area contributed by atoms with Crippen LogP contribution in [0.1, 0.15) is 90.0 Å². The third kappa shape index (κ3) is 9.88. The van der Waals surface area contributed by atoms with E-state index in [1.807, 2.05) is 43.3 Å². The summed E-state index contributed by atoms with van der Waals surface area (Å²) >= 11 is 0. The first kappa shape index (κ1) is 37.7. The molecule has 2 aliphatic heterocycles. The molecule has 2 fully saturated rings. The van der Waals surface area contributed by atoms with Crippen LogP contribution < -0.4 is 18.9 Å². The van der Waals surface area contributed by atoms with Gasteiger partial charge in [0.05, 0.1) is 31.5 Å². The van der Waals surface area contributed by atoms with Crippen molar-refractivity contribution in [2.24, 2.45) is 0 Å². The van der Waals surface area contributed by atoms with E-state index in [9.17, 15) is 5.11 Å². The molecule has 278 valence electrons. The lowest BCUT2D eigenvalue weighted by atomic mass is 9.78. The number of hydrogen-bond donors (Lipinski definition) is 1. The molecule has 1 N–H and O–H groups in total. The zero-order chi connectivity index (χ0) is 36.9. The quantitative estimate of drug-likeness (QED) is 0.0974. The van der Waals surface area contributed by atoms with E-state index >= 15 is 0 Å². The molecule has 5 atom stereocenters. The summed E-state index contributed by atoms with van der Waals surface area (Å²) in [5, 5.41) is 10.8. The van der Waals surface area contributed by atoms with E-state index in [0.717, 1.165) is 49.1 Å². The molecule has 2 aliphatic rings. The van der Waals surface area contributed by atoms with Crippen molar-refractivity contribution in [3.05, 3.63) is 119 Å². The highest BCUT2D eigenvalue weighted by Crippen LogP contribution is 2.36. The second kappa shape index (κ2) is 15.9. The molecule has 0 radical (unpaired) electrons. The molecule has 7 heteroatoms. The minimum absolute atomic E-state index is 0.186. The van der Waals surface area contributed by atoms with Gasteiger partial charge in [-0.2, -0.15) is 0 Å². The van der Waals surface area contributed by atoms with E-state index in [-0.39, 0.29) is 35.2 Å². The molecule has 0 saturated carbocycles. The normalized spacial score (nSPS) is 19.2. The number of benzene rings is 4. The van der Waals surface area contributed by atoms with Crippen LogP contribution in [0.5, 0.6) is 23.0 Å². The van der Waals surface area contributed by atoms with Gasteiger partial charge in [-0.05, 0) is 91.1 Å². The molecule has 2 saturated heterocycles. The Morgan fingerprint density at radius 1 is 0.635 bits per heavy atom. The van der Waals surface area contributed by atoms with Crippen molar-refractivity contribution in [2.75, 3.05) is 26.4 Å².